The fourth-order valence-corrected chi connectivity index (χ4v) is 3.23. The molecule has 1 aliphatic carbocycles. The summed E-state index contributed by atoms with van der Waals surface area (Å²) in [6.45, 7) is 4.76. The molecule has 0 spiro atoms. The summed E-state index contributed by atoms with van der Waals surface area (Å²) in [7, 11) is 0. The van der Waals surface area contributed by atoms with Crippen molar-refractivity contribution in [3.63, 3.8) is 0 Å². The van der Waals surface area contributed by atoms with E-state index < -0.39 is 0 Å². The molecule has 1 saturated carbocycles. The smallest absolute Gasteiger partial charge is 0.222 e. The van der Waals surface area contributed by atoms with Crippen molar-refractivity contribution >= 4 is 11.8 Å². The van der Waals surface area contributed by atoms with Crippen LogP contribution in [0.5, 0.6) is 0 Å². The second kappa shape index (κ2) is 6.15. The van der Waals surface area contributed by atoms with Crippen LogP contribution in [0.1, 0.15) is 44.2 Å². The number of piperidine rings is 1. The highest BCUT2D eigenvalue weighted by molar-refractivity contribution is 5.45. The maximum atomic E-state index is 5.89. The Labute approximate surface area is 125 Å². The third-order valence-corrected chi connectivity index (χ3v) is 4.51. The zero-order valence-electron chi connectivity index (χ0n) is 12.7. The summed E-state index contributed by atoms with van der Waals surface area (Å²) in [4.78, 5) is 11.1. The number of rotatable bonds is 4. The molecule has 2 fully saturated rings. The van der Waals surface area contributed by atoms with Crippen molar-refractivity contribution in [2.24, 2.45) is 5.73 Å². The number of hydrogen-bond acceptors (Lipinski definition) is 6. The Kier molecular flexibility index (Phi) is 4.26. The van der Waals surface area contributed by atoms with E-state index in [0.717, 1.165) is 56.9 Å². The number of hydrogen-bond donors (Lipinski definition) is 2. The number of anilines is 2. The zero-order chi connectivity index (χ0) is 14.8. The predicted octanol–water partition coefficient (Wildman–Crippen LogP) is 1.27. The van der Waals surface area contributed by atoms with Gasteiger partial charge in [-0.05, 0) is 32.6 Å². The number of nitrogens with two attached hydrogens (primary N) is 2. The first-order chi connectivity index (χ1) is 10.2. The van der Waals surface area contributed by atoms with Gasteiger partial charge in [-0.2, -0.15) is 4.98 Å². The molecule has 3 rings (SSSR count). The molecule has 21 heavy (non-hydrogen) atoms. The third kappa shape index (κ3) is 3.27. The van der Waals surface area contributed by atoms with Gasteiger partial charge in [0, 0.05) is 37.7 Å². The molecule has 2 heterocycles. The van der Waals surface area contributed by atoms with E-state index >= 15 is 0 Å². The Balaban J connectivity index is 1.68. The van der Waals surface area contributed by atoms with Crippen molar-refractivity contribution in [3.8, 4) is 0 Å². The first kappa shape index (κ1) is 14.5. The van der Waals surface area contributed by atoms with E-state index in [9.17, 15) is 0 Å². The first-order valence-electron chi connectivity index (χ1n) is 7.92. The molecule has 6 nitrogen and oxygen atoms in total. The molecule has 1 aromatic heterocycles. The molecule has 0 aromatic carbocycles. The minimum atomic E-state index is 0.316. The van der Waals surface area contributed by atoms with Gasteiger partial charge in [-0.3, -0.25) is 0 Å². The molecule has 6 heteroatoms. The topological polar surface area (TPSA) is 90.3 Å². The molecular formula is C15H25N5O. The van der Waals surface area contributed by atoms with Crippen molar-refractivity contribution in [1.82, 2.24) is 9.97 Å². The molecule has 0 unspecified atom stereocenters. The molecule has 1 aliphatic heterocycles. The molecule has 116 valence electrons. The van der Waals surface area contributed by atoms with Gasteiger partial charge in [-0.25, -0.2) is 4.98 Å². The Morgan fingerprint density at radius 3 is 2.62 bits per heavy atom. The van der Waals surface area contributed by atoms with Crippen molar-refractivity contribution < 1.29 is 4.74 Å². The standard InChI is InChI=1S/C15H25N5O/c1-2-21-12-3-5-20(6-4-12)14-9-13(18-15(17)19-14)10-7-11(16)8-10/h9-12H,2-8,16H2,1H3,(H2,17,18,19). The maximum absolute atomic E-state index is 5.89. The highest BCUT2D eigenvalue weighted by atomic mass is 16.5. The zero-order valence-corrected chi connectivity index (χ0v) is 12.7. The lowest BCUT2D eigenvalue weighted by atomic mass is 9.78. The van der Waals surface area contributed by atoms with E-state index in [-0.39, 0.29) is 0 Å². The third-order valence-electron chi connectivity index (χ3n) is 4.51. The van der Waals surface area contributed by atoms with Gasteiger partial charge in [0.15, 0.2) is 0 Å². The van der Waals surface area contributed by atoms with Crippen LogP contribution in [0, 0.1) is 0 Å². The summed E-state index contributed by atoms with van der Waals surface area (Å²) in [6, 6.07) is 2.41. The van der Waals surface area contributed by atoms with Gasteiger partial charge >= 0.3 is 0 Å². The Bertz CT molecular complexity index is 481. The SMILES string of the molecule is CCOC1CCN(c2cc(C3CC(N)C3)nc(N)n2)CC1. The quantitative estimate of drug-likeness (QED) is 0.868. The van der Waals surface area contributed by atoms with Crippen LogP contribution in [0.3, 0.4) is 0 Å². The first-order valence-corrected chi connectivity index (χ1v) is 7.92. The van der Waals surface area contributed by atoms with E-state index in [1.54, 1.807) is 0 Å². The number of ether oxygens (including phenoxy) is 1. The Hall–Kier alpha value is -1.40. The van der Waals surface area contributed by atoms with Crippen molar-refractivity contribution in [3.05, 3.63) is 11.8 Å². The van der Waals surface area contributed by atoms with Crippen LogP contribution in [0.15, 0.2) is 6.07 Å². The summed E-state index contributed by atoms with van der Waals surface area (Å²) >= 11 is 0. The van der Waals surface area contributed by atoms with Crippen LogP contribution >= 0.6 is 0 Å². The normalized spacial score (nSPS) is 26.7. The summed E-state index contributed by atoms with van der Waals surface area (Å²) in [5.41, 5.74) is 12.8. The minimum absolute atomic E-state index is 0.316. The fourth-order valence-electron chi connectivity index (χ4n) is 3.23. The van der Waals surface area contributed by atoms with Gasteiger partial charge < -0.3 is 21.1 Å². The van der Waals surface area contributed by atoms with Crippen LogP contribution < -0.4 is 16.4 Å². The summed E-state index contributed by atoms with van der Waals surface area (Å²) in [5, 5.41) is 0. The Morgan fingerprint density at radius 1 is 1.29 bits per heavy atom. The van der Waals surface area contributed by atoms with Gasteiger partial charge in [0.05, 0.1) is 11.8 Å². The predicted molar refractivity (Wildman–Crippen MR) is 83.3 cm³/mol. The summed E-state index contributed by atoms with van der Waals surface area (Å²) in [5.74, 6) is 1.77. The maximum Gasteiger partial charge on any atom is 0.222 e. The van der Waals surface area contributed by atoms with Crippen molar-refractivity contribution in [2.75, 3.05) is 30.3 Å². The van der Waals surface area contributed by atoms with Crippen LogP contribution in [-0.4, -0.2) is 41.8 Å². The molecule has 1 saturated heterocycles. The minimum Gasteiger partial charge on any atom is -0.378 e. The molecule has 0 atom stereocenters. The van der Waals surface area contributed by atoms with Gasteiger partial charge in [0.25, 0.3) is 0 Å². The average molecular weight is 291 g/mol. The largest absolute Gasteiger partial charge is 0.378 e. The lowest BCUT2D eigenvalue weighted by Crippen LogP contribution is -2.38. The molecule has 0 radical (unpaired) electrons. The van der Waals surface area contributed by atoms with E-state index in [4.69, 9.17) is 16.2 Å². The molecule has 2 aliphatic rings. The highest BCUT2D eigenvalue weighted by Crippen LogP contribution is 2.36. The Morgan fingerprint density at radius 2 is 2.00 bits per heavy atom. The van der Waals surface area contributed by atoms with E-state index in [2.05, 4.69) is 20.9 Å². The van der Waals surface area contributed by atoms with Gasteiger partial charge in [0.2, 0.25) is 5.95 Å². The fraction of sp³-hybridized carbons (Fsp3) is 0.733. The van der Waals surface area contributed by atoms with Crippen molar-refractivity contribution in [2.45, 2.75) is 50.7 Å². The van der Waals surface area contributed by atoms with E-state index in [0.29, 0.717) is 24.0 Å². The summed E-state index contributed by atoms with van der Waals surface area (Å²) < 4.78 is 5.69. The lowest BCUT2D eigenvalue weighted by Gasteiger charge is -2.34. The molecule has 0 bridgehead atoms. The summed E-state index contributed by atoms with van der Waals surface area (Å²) in [6.07, 6.45) is 4.47. The van der Waals surface area contributed by atoms with Gasteiger partial charge in [-0.1, -0.05) is 0 Å². The molecule has 1 aromatic rings. The van der Waals surface area contributed by atoms with E-state index in [1.165, 1.54) is 0 Å². The van der Waals surface area contributed by atoms with Gasteiger partial charge in [0.1, 0.15) is 5.82 Å². The number of nitrogens with zero attached hydrogens (tertiary/aromatic N) is 3. The monoisotopic (exact) mass is 291 g/mol. The van der Waals surface area contributed by atoms with Crippen molar-refractivity contribution in [1.29, 1.82) is 0 Å². The lowest BCUT2D eigenvalue weighted by molar-refractivity contribution is 0.0458. The second-order valence-corrected chi connectivity index (χ2v) is 6.08. The average Bonchev–Trinajstić information content (AvgIpc) is 2.44. The van der Waals surface area contributed by atoms with Gasteiger partial charge in [-0.15, -0.1) is 0 Å². The number of aromatic nitrogens is 2. The van der Waals surface area contributed by atoms with Crippen LogP contribution in [0.2, 0.25) is 0 Å². The molecular weight excluding hydrogens is 266 g/mol. The number of nitrogen functional groups attached to an aromatic ring is 1. The van der Waals surface area contributed by atoms with Crippen LogP contribution in [-0.2, 0) is 4.74 Å². The second-order valence-electron chi connectivity index (χ2n) is 6.08. The molecule has 0 amide bonds. The van der Waals surface area contributed by atoms with E-state index in [1.807, 2.05) is 6.92 Å². The molecule has 4 N–H and O–H groups in total. The van der Waals surface area contributed by atoms with Crippen LogP contribution in [0.25, 0.3) is 0 Å². The highest BCUT2D eigenvalue weighted by Gasteiger charge is 2.30. The van der Waals surface area contributed by atoms with Crippen LogP contribution in [0.4, 0.5) is 11.8 Å².